The van der Waals surface area contributed by atoms with Gasteiger partial charge in [0.15, 0.2) is 0 Å². The topological polar surface area (TPSA) is 70.5 Å². The normalized spacial score (nSPS) is 21.9. The Morgan fingerprint density at radius 1 is 1.30 bits per heavy atom. The molecule has 2 amide bonds. The SMILES string of the molecule is CC(C)CC1NCCN(CC(=O)N2CCC(Cc3ccnn3C)CC2)C1=O. The van der Waals surface area contributed by atoms with Crippen LogP contribution in [0.5, 0.6) is 0 Å². The number of carbonyl (C=O) groups excluding carboxylic acids is 2. The Kier molecular flexibility index (Phi) is 6.52. The molecule has 150 valence electrons. The molecule has 3 heterocycles. The minimum absolute atomic E-state index is 0.0781. The van der Waals surface area contributed by atoms with Gasteiger partial charge in [-0.1, -0.05) is 13.8 Å². The average Bonchev–Trinajstić information content (AvgIpc) is 3.03. The van der Waals surface area contributed by atoms with Crippen molar-refractivity contribution in [3.05, 3.63) is 18.0 Å². The maximum atomic E-state index is 12.7. The molecule has 1 aromatic heterocycles. The summed E-state index contributed by atoms with van der Waals surface area (Å²) >= 11 is 0. The minimum Gasteiger partial charge on any atom is -0.341 e. The van der Waals surface area contributed by atoms with Crippen molar-refractivity contribution < 1.29 is 9.59 Å². The highest BCUT2D eigenvalue weighted by Gasteiger charge is 2.31. The smallest absolute Gasteiger partial charge is 0.242 e. The van der Waals surface area contributed by atoms with Crippen LogP contribution in [0, 0.1) is 11.8 Å². The summed E-state index contributed by atoms with van der Waals surface area (Å²) in [5, 5.41) is 7.52. The maximum absolute atomic E-state index is 12.7. The number of amides is 2. The third kappa shape index (κ3) is 5.09. The molecule has 0 radical (unpaired) electrons. The van der Waals surface area contributed by atoms with E-state index in [0.717, 1.165) is 45.3 Å². The van der Waals surface area contributed by atoms with Crippen LogP contribution in [-0.2, 0) is 23.1 Å². The molecular weight excluding hydrogens is 342 g/mol. The van der Waals surface area contributed by atoms with Crippen molar-refractivity contribution in [3.63, 3.8) is 0 Å². The van der Waals surface area contributed by atoms with Crippen LogP contribution >= 0.6 is 0 Å². The number of aryl methyl sites for hydroxylation is 1. The predicted octanol–water partition coefficient (Wildman–Crippen LogP) is 1.05. The van der Waals surface area contributed by atoms with Crippen molar-refractivity contribution in [1.82, 2.24) is 24.9 Å². The third-order valence-corrected chi connectivity index (χ3v) is 5.80. The van der Waals surface area contributed by atoms with Crippen molar-refractivity contribution >= 4 is 11.8 Å². The molecule has 2 saturated heterocycles. The van der Waals surface area contributed by atoms with E-state index in [1.807, 2.05) is 22.8 Å². The average molecular weight is 376 g/mol. The highest BCUT2D eigenvalue weighted by molar-refractivity contribution is 5.88. The number of hydrogen-bond acceptors (Lipinski definition) is 4. The summed E-state index contributed by atoms with van der Waals surface area (Å²) in [6, 6.07) is 1.93. The molecule has 2 aliphatic heterocycles. The first kappa shape index (κ1) is 19.9. The molecule has 0 bridgehead atoms. The van der Waals surface area contributed by atoms with Crippen molar-refractivity contribution in [3.8, 4) is 0 Å². The summed E-state index contributed by atoms with van der Waals surface area (Å²) in [6.07, 6.45) is 5.71. The van der Waals surface area contributed by atoms with E-state index in [0.29, 0.717) is 18.4 Å². The lowest BCUT2D eigenvalue weighted by Crippen LogP contribution is -2.57. The Balaban J connectivity index is 1.46. The van der Waals surface area contributed by atoms with Gasteiger partial charge in [0.2, 0.25) is 11.8 Å². The molecule has 0 aromatic carbocycles. The fourth-order valence-corrected chi connectivity index (χ4v) is 4.15. The van der Waals surface area contributed by atoms with Crippen molar-refractivity contribution in [2.45, 2.75) is 45.6 Å². The lowest BCUT2D eigenvalue weighted by atomic mass is 9.92. The number of piperazine rings is 1. The fraction of sp³-hybridized carbons (Fsp3) is 0.750. The van der Waals surface area contributed by atoms with Crippen LogP contribution in [0.4, 0.5) is 0 Å². The fourth-order valence-electron chi connectivity index (χ4n) is 4.15. The Labute approximate surface area is 162 Å². The number of piperidine rings is 1. The van der Waals surface area contributed by atoms with E-state index in [1.165, 1.54) is 5.69 Å². The highest BCUT2D eigenvalue weighted by atomic mass is 16.2. The van der Waals surface area contributed by atoms with Gasteiger partial charge >= 0.3 is 0 Å². The molecule has 0 spiro atoms. The molecule has 1 N–H and O–H groups in total. The molecule has 0 aliphatic carbocycles. The Hall–Kier alpha value is -1.89. The van der Waals surface area contributed by atoms with E-state index >= 15 is 0 Å². The first-order chi connectivity index (χ1) is 12.9. The molecule has 27 heavy (non-hydrogen) atoms. The van der Waals surface area contributed by atoms with Crippen LogP contribution in [0.25, 0.3) is 0 Å². The first-order valence-electron chi connectivity index (χ1n) is 10.2. The van der Waals surface area contributed by atoms with Gasteiger partial charge < -0.3 is 15.1 Å². The van der Waals surface area contributed by atoms with Crippen LogP contribution in [0.3, 0.4) is 0 Å². The second-order valence-corrected chi connectivity index (χ2v) is 8.37. The molecular formula is C20H33N5O2. The first-order valence-corrected chi connectivity index (χ1v) is 10.2. The molecule has 7 nitrogen and oxygen atoms in total. The zero-order chi connectivity index (χ0) is 19.4. The Morgan fingerprint density at radius 3 is 2.67 bits per heavy atom. The van der Waals surface area contributed by atoms with Crippen LogP contribution in [-0.4, -0.2) is 70.2 Å². The summed E-state index contributed by atoms with van der Waals surface area (Å²) in [6.45, 7) is 7.43. The molecule has 1 aromatic rings. The van der Waals surface area contributed by atoms with E-state index < -0.39 is 0 Å². The van der Waals surface area contributed by atoms with Crippen LogP contribution in [0.1, 0.15) is 38.8 Å². The zero-order valence-electron chi connectivity index (χ0n) is 16.9. The second-order valence-electron chi connectivity index (χ2n) is 8.37. The summed E-state index contributed by atoms with van der Waals surface area (Å²) in [5.74, 6) is 1.23. The van der Waals surface area contributed by atoms with Crippen LogP contribution in [0.2, 0.25) is 0 Å². The second kappa shape index (κ2) is 8.87. The summed E-state index contributed by atoms with van der Waals surface area (Å²) in [7, 11) is 1.98. The van der Waals surface area contributed by atoms with Crippen LogP contribution < -0.4 is 5.32 Å². The summed E-state index contributed by atoms with van der Waals surface area (Å²) in [4.78, 5) is 29.0. The van der Waals surface area contributed by atoms with Gasteiger partial charge in [-0.25, -0.2) is 0 Å². The quantitative estimate of drug-likeness (QED) is 0.807. The van der Waals surface area contributed by atoms with Gasteiger partial charge in [0, 0.05) is 45.1 Å². The van der Waals surface area contributed by atoms with E-state index in [-0.39, 0.29) is 24.4 Å². The molecule has 1 unspecified atom stereocenters. The molecule has 2 fully saturated rings. The molecule has 7 heteroatoms. The van der Waals surface area contributed by atoms with Crippen molar-refractivity contribution in [1.29, 1.82) is 0 Å². The van der Waals surface area contributed by atoms with Gasteiger partial charge in [0.25, 0.3) is 0 Å². The Morgan fingerprint density at radius 2 is 2.04 bits per heavy atom. The van der Waals surface area contributed by atoms with Gasteiger partial charge in [-0.15, -0.1) is 0 Å². The summed E-state index contributed by atoms with van der Waals surface area (Å²) in [5.41, 5.74) is 1.25. The number of carbonyl (C=O) groups is 2. The highest BCUT2D eigenvalue weighted by Crippen LogP contribution is 2.22. The van der Waals surface area contributed by atoms with E-state index in [9.17, 15) is 9.59 Å². The number of nitrogens with one attached hydrogen (secondary N) is 1. The van der Waals surface area contributed by atoms with E-state index in [1.54, 1.807) is 4.90 Å². The minimum atomic E-state index is -0.142. The van der Waals surface area contributed by atoms with E-state index in [4.69, 9.17) is 0 Å². The number of nitrogens with zero attached hydrogens (tertiary/aromatic N) is 4. The lowest BCUT2D eigenvalue weighted by molar-refractivity contribution is -0.144. The number of rotatable bonds is 6. The van der Waals surface area contributed by atoms with Crippen LogP contribution in [0.15, 0.2) is 12.3 Å². The molecule has 1 atom stereocenters. The van der Waals surface area contributed by atoms with Gasteiger partial charge in [-0.3, -0.25) is 14.3 Å². The predicted molar refractivity (Wildman–Crippen MR) is 104 cm³/mol. The maximum Gasteiger partial charge on any atom is 0.242 e. The monoisotopic (exact) mass is 375 g/mol. The Bertz CT molecular complexity index is 649. The number of aromatic nitrogens is 2. The van der Waals surface area contributed by atoms with Gasteiger partial charge in [0.05, 0.1) is 12.6 Å². The van der Waals surface area contributed by atoms with Crippen molar-refractivity contribution in [2.75, 3.05) is 32.7 Å². The molecule has 0 saturated carbocycles. The van der Waals surface area contributed by atoms with E-state index in [2.05, 4.69) is 30.3 Å². The number of likely N-dealkylation sites (tertiary alicyclic amines) is 1. The summed E-state index contributed by atoms with van der Waals surface area (Å²) < 4.78 is 1.93. The van der Waals surface area contributed by atoms with Crippen molar-refractivity contribution in [2.24, 2.45) is 18.9 Å². The lowest BCUT2D eigenvalue weighted by Gasteiger charge is -2.36. The standard InChI is InChI=1S/C20H33N5O2/c1-15(2)12-18-20(27)25(11-8-21-18)14-19(26)24-9-5-16(6-10-24)13-17-4-7-22-23(17)3/h4,7,15-16,18,21H,5-6,8-14H2,1-3H3. The van der Waals surface area contributed by atoms with Gasteiger partial charge in [-0.05, 0) is 43.6 Å². The zero-order valence-corrected chi connectivity index (χ0v) is 16.9. The molecule has 3 rings (SSSR count). The van der Waals surface area contributed by atoms with Gasteiger partial charge in [0.1, 0.15) is 0 Å². The third-order valence-electron chi connectivity index (χ3n) is 5.80. The molecule has 2 aliphatic rings. The number of hydrogen-bond donors (Lipinski definition) is 1. The largest absolute Gasteiger partial charge is 0.341 e. The van der Waals surface area contributed by atoms with Gasteiger partial charge in [-0.2, -0.15) is 5.10 Å².